The molecule has 0 bridgehead atoms. The molecule has 1 fully saturated rings. The zero-order valence-electron chi connectivity index (χ0n) is 10.7. The minimum Gasteiger partial charge on any atom is -0.409 e. The van der Waals surface area contributed by atoms with E-state index in [4.69, 9.17) is 10.9 Å². The minimum atomic E-state index is 0.170. The van der Waals surface area contributed by atoms with Crippen LogP contribution in [-0.4, -0.2) is 34.6 Å². The van der Waals surface area contributed by atoms with E-state index in [2.05, 4.69) is 23.9 Å². The zero-order valence-corrected chi connectivity index (χ0v) is 11.5. The van der Waals surface area contributed by atoms with Gasteiger partial charge in [-0.2, -0.15) is 11.8 Å². The molecule has 1 aromatic rings. The fourth-order valence-corrected chi connectivity index (χ4v) is 3.72. The molecule has 1 aliphatic rings. The van der Waals surface area contributed by atoms with Crippen LogP contribution in [0.15, 0.2) is 29.4 Å². The van der Waals surface area contributed by atoms with Crippen LogP contribution in [0.4, 0.5) is 5.69 Å². The number of amidine groups is 1. The van der Waals surface area contributed by atoms with Crippen molar-refractivity contribution in [1.82, 2.24) is 0 Å². The van der Waals surface area contributed by atoms with Crippen LogP contribution in [0.2, 0.25) is 0 Å². The number of para-hydroxylation sites is 1. The first-order chi connectivity index (χ1) is 8.61. The Hall–Kier alpha value is -1.36. The van der Waals surface area contributed by atoms with Gasteiger partial charge in [-0.1, -0.05) is 31.1 Å². The van der Waals surface area contributed by atoms with Gasteiger partial charge in [-0.25, -0.2) is 0 Å². The van der Waals surface area contributed by atoms with Crippen LogP contribution < -0.4 is 10.6 Å². The van der Waals surface area contributed by atoms with Gasteiger partial charge in [0.1, 0.15) is 0 Å². The summed E-state index contributed by atoms with van der Waals surface area (Å²) < 4.78 is 0. The summed E-state index contributed by atoms with van der Waals surface area (Å²) in [5.74, 6) is 0.170. The van der Waals surface area contributed by atoms with Crippen LogP contribution in [0.3, 0.4) is 0 Å². The molecule has 0 amide bonds. The summed E-state index contributed by atoms with van der Waals surface area (Å²) in [6, 6.07) is 7.81. The number of hydrogen-bond donors (Lipinski definition) is 2. The fraction of sp³-hybridized carbons (Fsp3) is 0.462. The first-order valence-electron chi connectivity index (χ1n) is 6.09. The quantitative estimate of drug-likeness (QED) is 0.372. The van der Waals surface area contributed by atoms with Crippen LogP contribution >= 0.6 is 11.8 Å². The summed E-state index contributed by atoms with van der Waals surface area (Å²) in [7, 11) is 0. The Kier molecular flexibility index (Phi) is 4.01. The zero-order chi connectivity index (χ0) is 13.1. The molecular formula is C13H19N3OS. The molecule has 2 rings (SSSR count). The molecule has 0 radical (unpaired) electrons. The molecule has 18 heavy (non-hydrogen) atoms. The van der Waals surface area contributed by atoms with Crippen molar-refractivity contribution in [2.75, 3.05) is 18.0 Å². The molecule has 1 heterocycles. The van der Waals surface area contributed by atoms with Crippen LogP contribution in [0, 0.1) is 0 Å². The van der Waals surface area contributed by atoms with Crippen LogP contribution in [0.1, 0.15) is 19.4 Å². The Morgan fingerprint density at radius 2 is 1.94 bits per heavy atom. The second-order valence-corrected chi connectivity index (χ2v) is 6.55. The highest BCUT2D eigenvalue weighted by atomic mass is 32.2. The molecule has 98 valence electrons. The lowest BCUT2D eigenvalue weighted by Crippen LogP contribution is -2.41. The van der Waals surface area contributed by atoms with E-state index in [1.165, 1.54) is 0 Å². The third-order valence-corrected chi connectivity index (χ3v) is 4.28. The van der Waals surface area contributed by atoms with Gasteiger partial charge < -0.3 is 15.8 Å². The predicted molar refractivity (Wildman–Crippen MR) is 77.7 cm³/mol. The standard InChI is InChI=1S/C13H19N3OS/c1-9-7-16(8-10(2)18-9)12-6-4-3-5-11(12)13(14)15-17/h3-6,9-10,17H,7-8H2,1-2H3,(H2,14,15). The molecule has 0 aromatic heterocycles. The molecule has 1 saturated heterocycles. The van der Waals surface area contributed by atoms with Crippen molar-refractivity contribution in [3.05, 3.63) is 29.8 Å². The molecule has 1 aromatic carbocycles. The largest absolute Gasteiger partial charge is 0.409 e. The van der Waals surface area contributed by atoms with E-state index in [-0.39, 0.29) is 5.84 Å². The molecule has 0 spiro atoms. The van der Waals surface area contributed by atoms with Gasteiger partial charge in [-0.3, -0.25) is 0 Å². The molecule has 0 saturated carbocycles. The topological polar surface area (TPSA) is 61.8 Å². The van der Waals surface area contributed by atoms with Gasteiger partial charge in [-0.05, 0) is 12.1 Å². The maximum atomic E-state index is 8.86. The van der Waals surface area contributed by atoms with Crippen molar-refractivity contribution in [2.45, 2.75) is 24.3 Å². The van der Waals surface area contributed by atoms with Crippen LogP contribution in [-0.2, 0) is 0 Å². The molecule has 4 nitrogen and oxygen atoms in total. The van der Waals surface area contributed by atoms with Gasteiger partial charge >= 0.3 is 0 Å². The van der Waals surface area contributed by atoms with E-state index in [1.807, 2.05) is 36.0 Å². The first-order valence-corrected chi connectivity index (χ1v) is 7.03. The van der Waals surface area contributed by atoms with Crippen molar-refractivity contribution >= 4 is 23.3 Å². The van der Waals surface area contributed by atoms with E-state index in [0.717, 1.165) is 24.3 Å². The van der Waals surface area contributed by atoms with Gasteiger partial charge in [0, 0.05) is 34.8 Å². The lowest BCUT2D eigenvalue weighted by Gasteiger charge is -2.37. The molecule has 3 N–H and O–H groups in total. The average Bonchev–Trinajstić information content (AvgIpc) is 2.36. The number of rotatable bonds is 2. The Balaban J connectivity index is 2.32. The highest BCUT2D eigenvalue weighted by Gasteiger charge is 2.24. The SMILES string of the molecule is CC1CN(c2ccccc2C(N)=NO)CC(C)S1. The Bertz CT molecular complexity index is 440. The third-order valence-electron chi connectivity index (χ3n) is 3.05. The third kappa shape index (κ3) is 2.72. The first kappa shape index (κ1) is 13.1. The number of benzene rings is 1. The monoisotopic (exact) mass is 265 g/mol. The van der Waals surface area contributed by atoms with Crippen molar-refractivity contribution in [2.24, 2.45) is 10.9 Å². The van der Waals surface area contributed by atoms with E-state index >= 15 is 0 Å². The Labute approximate surface area is 112 Å². The number of anilines is 1. The minimum absolute atomic E-state index is 0.170. The molecule has 5 heteroatoms. The molecular weight excluding hydrogens is 246 g/mol. The molecule has 2 unspecified atom stereocenters. The number of oxime groups is 1. The lowest BCUT2D eigenvalue weighted by atomic mass is 10.1. The maximum absolute atomic E-state index is 8.86. The predicted octanol–water partition coefficient (Wildman–Crippen LogP) is 2.11. The summed E-state index contributed by atoms with van der Waals surface area (Å²) in [4.78, 5) is 2.32. The van der Waals surface area contributed by atoms with Crippen LogP contribution in [0.25, 0.3) is 0 Å². The van der Waals surface area contributed by atoms with E-state index in [1.54, 1.807) is 0 Å². The van der Waals surface area contributed by atoms with Gasteiger partial charge in [-0.15, -0.1) is 0 Å². The maximum Gasteiger partial charge on any atom is 0.172 e. The lowest BCUT2D eigenvalue weighted by molar-refractivity contribution is 0.318. The van der Waals surface area contributed by atoms with Gasteiger partial charge in [0.25, 0.3) is 0 Å². The Morgan fingerprint density at radius 3 is 2.56 bits per heavy atom. The summed E-state index contributed by atoms with van der Waals surface area (Å²) in [5.41, 5.74) is 7.58. The summed E-state index contributed by atoms with van der Waals surface area (Å²) in [5, 5.41) is 13.2. The van der Waals surface area contributed by atoms with Crippen molar-refractivity contribution in [3.8, 4) is 0 Å². The van der Waals surface area contributed by atoms with Crippen molar-refractivity contribution in [3.63, 3.8) is 0 Å². The second-order valence-electron chi connectivity index (χ2n) is 4.66. The summed E-state index contributed by atoms with van der Waals surface area (Å²) in [6.07, 6.45) is 0. The summed E-state index contributed by atoms with van der Waals surface area (Å²) >= 11 is 2.01. The number of nitrogens with two attached hydrogens (primary N) is 1. The van der Waals surface area contributed by atoms with Crippen molar-refractivity contribution < 1.29 is 5.21 Å². The smallest absolute Gasteiger partial charge is 0.172 e. The van der Waals surface area contributed by atoms with Crippen molar-refractivity contribution in [1.29, 1.82) is 0 Å². The van der Waals surface area contributed by atoms with Gasteiger partial charge in [0.2, 0.25) is 0 Å². The van der Waals surface area contributed by atoms with E-state index < -0.39 is 0 Å². The van der Waals surface area contributed by atoms with E-state index in [0.29, 0.717) is 10.5 Å². The van der Waals surface area contributed by atoms with E-state index in [9.17, 15) is 0 Å². The number of hydrogen-bond acceptors (Lipinski definition) is 4. The highest BCUT2D eigenvalue weighted by molar-refractivity contribution is 8.00. The fourth-order valence-electron chi connectivity index (χ4n) is 2.39. The Morgan fingerprint density at radius 1 is 1.33 bits per heavy atom. The number of nitrogens with zero attached hydrogens (tertiary/aromatic N) is 2. The normalized spacial score (nSPS) is 25.2. The van der Waals surface area contributed by atoms with Crippen LogP contribution in [0.5, 0.6) is 0 Å². The second kappa shape index (κ2) is 5.52. The molecule has 2 atom stereocenters. The summed E-state index contributed by atoms with van der Waals surface area (Å²) in [6.45, 7) is 6.45. The van der Waals surface area contributed by atoms with Gasteiger partial charge in [0.15, 0.2) is 5.84 Å². The average molecular weight is 265 g/mol. The highest BCUT2D eigenvalue weighted by Crippen LogP contribution is 2.30. The molecule has 1 aliphatic heterocycles. The molecule has 0 aliphatic carbocycles. The number of thioether (sulfide) groups is 1. The van der Waals surface area contributed by atoms with Gasteiger partial charge in [0.05, 0.1) is 0 Å².